The summed E-state index contributed by atoms with van der Waals surface area (Å²) in [7, 11) is 0. The smallest absolute Gasteiger partial charge is 0.129 e. The average molecular weight is 225 g/mol. The summed E-state index contributed by atoms with van der Waals surface area (Å²) in [4.78, 5) is 4.07. The van der Waals surface area contributed by atoms with Gasteiger partial charge in [0.05, 0.1) is 11.9 Å². The highest BCUT2D eigenvalue weighted by Crippen LogP contribution is 2.21. The van der Waals surface area contributed by atoms with Gasteiger partial charge in [-0.3, -0.25) is 0 Å². The van der Waals surface area contributed by atoms with Crippen molar-refractivity contribution in [3.63, 3.8) is 0 Å². The fourth-order valence-corrected chi connectivity index (χ4v) is 2.23. The Bertz CT molecular complexity index is 289. The fraction of sp³-hybridized carbons (Fsp3) is 0.583. The second kappa shape index (κ2) is 5.36. The quantitative estimate of drug-likeness (QED) is 0.610. The first-order valence-electron chi connectivity index (χ1n) is 5.73. The van der Waals surface area contributed by atoms with Crippen LogP contribution in [-0.2, 0) is 0 Å². The van der Waals surface area contributed by atoms with Gasteiger partial charge in [-0.1, -0.05) is 37.3 Å². The van der Waals surface area contributed by atoms with Gasteiger partial charge >= 0.3 is 0 Å². The highest BCUT2D eigenvalue weighted by Gasteiger charge is 2.11. The van der Waals surface area contributed by atoms with Crippen molar-refractivity contribution in [2.24, 2.45) is 0 Å². The van der Waals surface area contributed by atoms with E-state index in [9.17, 15) is 0 Å². The Labute approximate surface area is 96.1 Å². The molecule has 0 unspecified atom stereocenters. The van der Waals surface area contributed by atoms with E-state index in [1.165, 1.54) is 38.5 Å². The minimum atomic E-state index is 0.557. The van der Waals surface area contributed by atoms with Crippen molar-refractivity contribution in [2.45, 2.75) is 44.6 Å². The van der Waals surface area contributed by atoms with Gasteiger partial charge in [-0.25, -0.2) is 4.98 Å². The van der Waals surface area contributed by atoms with E-state index in [1.807, 2.05) is 18.3 Å². The predicted molar refractivity (Wildman–Crippen MR) is 64.4 cm³/mol. The summed E-state index contributed by atoms with van der Waals surface area (Å²) in [6, 6.07) is 4.45. The van der Waals surface area contributed by atoms with Crippen LogP contribution in [0.25, 0.3) is 0 Å². The molecular formula is C12H17ClN2. The summed E-state index contributed by atoms with van der Waals surface area (Å²) in [5.74, 6) is 0. The third-order valence-corrected chi connectivity index (χ3v) is 3.18. The van der Waals surface area contributed by atoms with Crippen molar-refractivity contribution in [2.75, 3.05) is 5.32 Å². The lowest BCUT2D eigenvalue weighted by Crippen LogP contribution is -2.18. The fourth-order valence-electron chi connectivity index (χ4n) is 2.12. The van der Waals surface area contributed by atoms with E-state index in [2.05, 4.69) is 10.3 Å². The van der Waals surface area contributed by atoms with Crippen molar-refractivity contribution in [3.05, 3.63) is 23.5 Å². The van der Waals surface area contributed by atoms with Crippen molar-refractivity contribution >= 4 is 17.3 Å². The van der Waals surface area contributed by atoms with Gasteiger partial charge in [-0.2, -0.15) is 0 Å². The number of hydrogen-bond acceptors (Lipinski definition) is 2. The Morgan fingerprint density at radius 1 is 1.13 bits per heavy atom. The Hall–Kier alpha value is -0.760. The Balaban J connectivity index is 1.92. The van der Waals surface area contributed by atoms with Crippen LogP contribution in [0.4, 0.5) is 5.69 Å². The number of aromatic nitrogens is 1. The molecule has 3 heteroatoms. The highest BCUT2D eigenvalue weighted by atomic mass is 35.5. The van der Waals surface area contributed by atoms with Gasteiger partial charge in [-0.15, -0.1) is 0 Å². The zero-order valence-corrected chi connectivity index (χ0v) is 9.63. The molecule has 1 fully saturated rings. The molecular weight excluding hydrogens is 208 g/mol. The minimum Gasteiger partial charge on any atom is -0.381 e. The third kappa shape index (κ3) is 3.38. The van der Waals surface area contributed by atoms with Crippen molar-refractivity contribution in [1.82, 2.24) is 4.98 Å². The summed E-state index contributed by atoms with van der Waals surface area (Å²) in [6.07, 6.45) is 9.84. The second-order valence-corrected chi connectivity index (χ2v) is 4.59. The topological polar surface area (TPSA) is 24.9 Å². The SMILES string of the molecule is Clc1ccc(NC2CCCCCC2)cn1. The lowest BCUT2D eigenvalue weighted by Gasteiger charge is -2.17. The molecule has 1 aromatic rings. The number of hydrogen-bond donors (Lipinski definition) is 1. The maximum absolute atomic E-state index is 5.74. The van der Waals surface area contributed by atoms with Crippen molar-refractivity contribution in [3.8, 4) is 0 Å². The van der Waals surface area contributed by atoms with Crippen LogP contribution in [0, 0.1) is 0 Å². The van der Waals surface area contributed by atoms with E-state index in [0.717, 1.165) is 5.69 Å². The maximum atomic E-state index is 5.74. The lowest BCUT2D eigenvalue weighted by molar-refractivity contribution is 0.620. The predicted octanol–water partition coefficient (Wildman–Crippen LogP) is 3.87. The van der Waals surface area contributed by atoms with E-state index >= 15 is 0 Å². The minimum absolute atomic E-state index is 0.557. The molecule has 0 aliphatic heterocycles. The van der Waals surface area contributed by atoms with Crippen LogP contribution < -0.4 is 5.32 Å². The molecule has 1 saturated carbocycles. The van der Waals surface area contributed by atoms with Gasteiger partial charge in [0.2, 0.25) is 0 Å². The summed E-state index contributed by atoms with van der Waals surface area (Å²) in [5.41, 5.74) is 1.09. The molecule has 2 rings (SSSR count). The normalized spacial score (nSPS) is 18.5. The van der Waals surface area contributed by atoms with Crippen LogP contribution >= 0.6 is 11.6 Å². The highest BCUT2D eigenvalue weighted by molar-refractivity contribution is 6.29. The van der Waals surface area contributed by atoms with Gasteiger partial charge in [0.1, 0.15) is 5.15 Å². The number of rotatable bonds is 2. The number of nitrogens with one attached hydrogen (secondary N) is 1. The standard InChI is InChI=1S/C12H17ClN2/c13-12-8-7-11(9-14-12)15-10-5-3-1-2-4-6-10/h7-10,15H,1-6H2. The molecule has 0 bridgehead atoms. The van der Waals surface area contributed by atoms with E-state index < -0.39 is 0 Å². The lowest BCUT2D eigenvalue weighted by atomic mass is 10.1. The van der Waals surface area contributed by atoms with Gasteiger partial charge in [0.25, 0.3) is 0 Å². The first kappa shape index (κ1) is 10.7. The monoisotopic (exact) mass is 224 g/mol. The average Bonchev–Trinajstić information content (AvgIpc) is 2.50. The molecule has 0 spiro atoms. The molecule has 1 aliphatic carbocycles. The molecule has 0 amide bonds. The summed E-state index contributed by atoms with van der Waals surface area (Å²) in [6.45, 7) is 0. The molecule has 0 radical (unpaired) electrons. The van der Waals surface area contributed by atoms with Gasteiger partial charge in [-0.05, 0) is 25.0 Å². The Morgan fingerprint density at radius 2 is 1.87 bits per heavy atom. The van der Waals surface area contributed by atoms with Crippen LogP contribution in [0.1, 0.15) is 38.5 Å². The van der Waals surface area contributed by atoms with Crippen molar-refractivity contribution < 1.29 is 0 Å². The summed E-state index contributed by atoms with van der Waals surface area (Å²) in [5, 5.41) is 4.08. The molecule has 1 N–H and O–H groups in total. The van der Waals surface area contributed by atoms with Crippen LogP contribution in [0.5, 0.6) is 0 Å². The van der Waals surface area contributed by atoms with Crippen LogP contribution in [0.2, 0.25) is 5.15 Å². The zero-order valence-electron chi connectivity index (χ0n) is 8.88. The first-order chi connectivity index (χ1) is 7.34. The molecule has 0 atom stereocenters. The summed E-state index contributed by atoms with van der Waals surface area (Å²) < 4.78 is 0. The number of pyridine rings is 1. The molecule has 1 aliphatic rings. The zero-order chi connectivity index (χ0) is 10.5. The maximum Gasteiger partial charge on any atom is 0.129 e. The second-order valence-electron chi connectivity index (χ2n) is 4.20. The summed E-state index contributed by atoms with van der Waals surface area (Å²) >= 11 is 5.74. The number of anilines is 1. The van der Waals surface area contributed by atoms with E-state index in [-0.39, 0.29) is 0 Å². The largest absolute Gasteiger partial charge is 0.381 e. The van der Waals surface area contributed by atoms with Crippen LogP contribution in [0.3, 0.4) is 0 Å². The third-order valence-electron chi connectivity index (χ3n) is 2.95. The molecule has 0 aromatic carbocycles. The van der Waals surface area contributed by atoms with E-state index in [0.29, 0.717) is 11.2 Å². The molecule has 15 heavy (non-hydrogen) atoms. The van der Waals surface area contributed by atoms with E-state index in [1.54, 1.807) is 0 Å². The van der Waals surface area contributed by atoms with Gasteiger partial charge in [0.15, 0.2) is 0 Å². The molecule has 1 heterocycles. The first-order valence-corrected chi connectivity index (χ1v) is 6.10. The molecule has 1 aromatic heterocycles. The molecule has 82 valence electrons. The van der Waals surface area contributed by atoms with Gasteiger partial charge < -0.3 is 5.32 Å². The molecule has 2 nitrogen and oxygen atoms in total. The Kier molecular flexibility index (Phi) is 3.84. The Morgan fingerprint density at radius 3 is 2.47 bits per heavy atom. The van der Waals surface area contributed by atoms with E-state index in [4.69, 9.17) is 11.6 Å². The van der Waals surface area contributed by atoms with Crippen LogP contribution in [-0.4, -0.2) is 11.0 Å². The van der Waals surface area contributed by atoms with Crippen molar-refractivity contribution in [1.29, 1.82) is 0 Å². The number of nitrogens with zero attached hydrogens (tertiary/aromatic N) is 1. The number of halogens is 1. The van der Waals surface area contributed by atoms with Gasteiger partial charge in [0, 0.05) is 6.04 Å². The molecule has 0 saturated heterocycles. The van der Waals surface area contributed by atoms with Crippen LogP contribution in [0.15, 0.2) is 18.3 Å².